The van der Waals surface area contributed by atoms with Crippen molar-refractivity contribution in [2.75, 3.05) is 11.1 Å². The Morgan fingerprint density at radius 3 is 2.62 bits per heavy atom. The summed E-state index contributed by atoms with van der Waals surface area (Å²) >= 11 is 0. The van der Waals surface area contributed by atoms with E-state index in [4.69, 9.17) is 5.73 Å². The van der Waals surface area contributed by atoms with Crippen LogP contribution in [0.4, 0.5) is 17.1 Å². The first-order chi connectivity index (χ1) is 10.3. The Labute approximate surface area is 124 Å². The van der Waals surface area contributed by atoms with E-state index in [2.05, 4.69) is 41.5 Å². The van der Waals surface area contributed by atoms with Crippen molar-refractivity contribution in [1.29, 1.82) is 0 Å². The predicted octanol–water partition coefficient (Wildman–Crippen LogP) is 4.51. The standard InChI is InChI=1S/C18H19N3/c1-2-4-13-6-8-14(9-7-13)21-17-11-10-16(19)18-15(17)5-3-12-20-18/h3,5-12,21H,2,4,19H2,1H3. The lowest BCUT2D eigenvalue weighted by Crippen LogP contribution is -1.95. The summed E-state index contributed by atoms with van der Waals surface area (Å²) in [5.74, 6) is 0. The van der Waals surface area contributed by atoms with E-state index in [1.165, 1.54) is 12.0 Å². The molecule has 0 atom stereocenters. The third-order valence-corrected chi connectivity index (χ3v) is 3.57. The number of aromatic nitrogens is 1. The monoisotopic (exact) mass is 277 g/mol. The molecule has 0 fully saturated rings. The van der Waals surface area contributed by atoms with E-state index < -0.39 is 0 Å². The highest BCUT2D eigenvalue weighted by molar-refractivity contribution is 5.99. The third-order valence-electron chi connectivity index (χ3n) is 3.57. The van der Waals surface area contributed by atoms with Crippen LogP contribution in [-0.2, 0) is 6.42 Å². The SMILES string of the molecule is CCCc1ccc(Nc2ccc(N)c3ncccc23)cc1. The summed E-state index contributed by atoms with van der Waals surface area (Å²) < 4.78 is 0. The van der Waals surface area contributed by atoms with E-state index in [-0.39, 0.29) is 0 Å². The lowest BCUT2D eigenvalue weighted by Gasteiger charge is -2.11. The van der Waals surface area contributed by atoms with Gasteiger partial charge in [-0.25, -0.2) is 0 Å². The molecule has 106 valence electrons. The average Bonchev–Trinajstić information content (AvgIpc) is 2.52. The number of benzene rings is 2. The quantitative estimate of drug-likeness (QED) is 0.690. The van der Waals surface area contributed by atoms with Crippen molar-refractivity contribution >= 4 is 28.0 Å². The lowest BCUT2D eigenvalue weighted by atomic mass is 10.1. The number of pyridine rings is 1. The first kappa shape index (κ1) is 13.4. The van der Waals surface area contributed by atoms with E-state index in [1.54, 1.807) is 6.20 Å². The summed E-state index contributed by atoms with van der Waals surface area (Å²) in [6.45, 7) is 2.19. The predicted molar refractivity (Wildman–Crippen MR) is 89.9 cm³/mol. The van der Waals surface area contributed by atoms with Crippen LogP contribution in [0.25, 0.3) is 10.9 Å². The van der Waals surface area contributed by atoms with Crippen LogP contribution in [0, 0.1) is 0 Å². The number of aryl methyl sites for hydroxylation is 1. The van der Waals surface area contributed by atoms with Crippen molar-refractivity contribution in [1.82, 2.24) is 4.98 Å². The molecule has 3 aromatic rings. The Hall–Kier alpha value is -2.55. The highest BCUT2D eigenvalue weighted by Gasteiger charge is 2.05. The molecule has 0 spiro atoms. The Morgan fingerprint density at radius 2 is 1.86 bits per heavy atom. The zero-order valence-corrected chi connectivity index (χ0v) is 12.1. The van der Waals surface area contributed by atoms with E-state index >= 15 is 0 Å². The molecule has 0 saturated carbocycles. The largest absolute Gasteiger partial charge is 0.397 e. The van der Waals surface area contributed by atoms with Crippen LogP contribution in [0.5, 0.6) is 0 Å². The maximum absolute atomic E-state index is 5.98. The summed E-state index contributed by atoms with van der Waals surface area (Å²) in [6, 6.07) is 16.4. The summed E-state index contributed by atoms with van der Waals surface area (Å²) in [4.78, 5) is 4.36. The topological polar surface area (TPSA) is 50.9 Å². The maximum atomic E-state index is 5.98. The fourth-order valence-corrected chi connectivity index (χ4v) is 2.50. The van der Waals surface area contributed by atoms with Crippen molar-refractivity contribution in [3.8, 4) is 0 Å². The van der Waals surface area contributed by atoms with Gasteiger partial charge in [-0.2, -0.15) is 0 Å². The molecule has 0 aliphatic carbocycles. The number of anilines is 3. The Kier molecular flexibility index (Phi) is 3.73. The Bertz CT molecular complexity index is 748. The fourth-order valence-electron chi connectivity index (χ4n) is 2.50. The molecular weight excluding hydrogens is 258 g/mol. The molecule has 1 heterocycles. The van der Waals surface area contributed by atoms with Crippen molar-refractivity contribution in [3.63, 3.8) is 0 Å². The second-order valence-corrected chi connectivity index (χ2v) is 5.17. The Morgan fingerprint density at radius 1 is 1.05 bits per heavy atom. The molecule has 3 nitrogen and oxygen atoms in total. The fraction of sp³-hybridized carbons (Fsp3) is 0.167. The summed E-state index contributed by atoms with van der Waals surface area (Å²) in [6.07, 6.45) is 4.05. The smallest absolute Gasteiger partial charge is 0.0951 e. The minimum absolute atomic E-state index is 0.703. The van der Waals surface area contributed by atoms with Gasteiger partial charge >= 0.3 is 0 Å². The van der Waals surface area contributed by atoms with Gasteiger partial charge in [0.1, 0.15) is 0 Å². The average molecular weight is 277 g/mol. The van der Waals surface area contributed by atoms with Crippen molar-refractivity contribution in [3.05, 3.63) is 60.3 Å². The van der Waals surface area contributed by atoms with Crippen molar-refractivity contribution in [2.24, 2.45) is 0 Å². The second kappa shape index (κ2) is 5.83. The van der Waals surface area contributed by atoms with Crippen LogP contribution in [0.3, 0.4) is 0 Å². The van der Waals surface area contributed by atoms with Gasteiger partial charge in [0.2, 0.25) is 0 Å². The van der Waals surface area contributed by atoms with Crippen LogP contribution in [0.1, 0.15) is 18.9 Å². The van der Waals surface area contributed by atoms with E-state index in [9.17, 15) is 0 Å². The van der Waals surface area contributed by atoms with Gasteiger partial charge in [0.25, 0.3) is 0 Å². The van der Waals surface area contributed by atoms with Gasteiger partial charge in [-0.15, -0.1) is 0 Å². The van der Waals surface area contributed by atoms with Crippen LogP contribution in [0.2, 0.25) is 0 Å². The van der Waals surface area contributed by atoms with E-state index in [0.717, 1.165) is 28.7 Å². The molecule has 0 radical (unpaired) electrons. The normalized spacial score (nSPS) is 10.7. The van der Waals surface area contributed by atoms with Gasteiger partial charge in [0, 0.05) is 23.0 Å². The number of fused-ring (bicyclic) bond motifs is 1. The number of nitrogens with one attached hydrogen (secondary N) is 1. The third kappa shape index (κ3) is 2.82. The summed E-state index contributed by atoms with van der Waals surface area (Å²) in [5.41, 5.74) is 11.0. The summed E-state index contributed by atoms with van der Waals surface area (Å²) in [5, 5.41) is 4.49. The molecule has 1 aromatic heterocycles. The molecule has 0 saturated heterocycles. The first-order valence-corrected chi connectivity index (χ1v) is 7.27. The van der Waals surface area contributed by atoms with Gasteiger partial charge in [-0.1, -0.05) is 25.5 Å². The molecule has 0 aliphatic rings. The van der Waals surface area contributed by atoms with Gasteiger partial charge in [-0.05, 0) is 48.4 Å². The highest BCUT2D eigenvalue weighted by atomic mass is 14.9. The molecule has 2 aromatic carbocycles. The molecule has 3 heteroatoms. The molecule has 0 unspecified atom stereocenters. The number of nitrogens with two attached hydrogens (primary N) is 1. The molecule has 21 heavy (non-hydrogen) atoms. The number of hydrogen-bond acceptors (Lipinski definition) is 3. The zero-order valence-electron chi connectivity index (χ0n) is 12.1. The zero-order chi connectivity index (χ0) is 14.7. The van der Waals surface area contributed by atoms with Gasteiger partial charge in [-0.3, -0.25) is 4.98 Å². The van der Waals surface area contributed by atoms with Gasteiger partial charge < -0.3 is 11.1 Å². The van der Waals surface area contributed by atoms with Crippen LogP contribution in [-0.4, -0.2) is 4.98 Å². The summed E-state index contributed by atoms with van der Waals surface area (Å²) in [7, 11) is 0. The van der Waals surface area contributed by atoms with Gasteiger partial charge in [0.15, 0.2) is 0 Å². The second-order valence-electron chi connectivity index (χ2n) is 5.17. The molecule has 3 rings (SSSR count). The minimum atomic E-state index is 0.703. The van der Waals surface area contributed by atoms with Crippen LogP contribution in [0.15, 0.2) is 54.7 Å². The number of hydrogen-bond donors (Lipinski definition) is 2. The van der Waals surface area contributed by atoms with Crippen LogP contribution < -0.4 is 11.1 Å². The van der Waals surface area contributed by atoms with E-state index in [1.807, 2.05) is 24.3 Å². The van der Waals surface area contributed by atoms with Crippen molar-refractivity contribution < 1.29 is 0 Å². The highest BCUT2D eigenvalue weighted by Crippen LogP contribution is 2.29. The van der Waals surface area contributed by atoms with Gasteiger partial charge in [0.05, 0.1) is 11.2 Å². The van der Waals surface area contributed by atoms with Crippen LogP contribution >= 0.6 is 0 Å². The number of rotatable bonds is 4. The molecule has 0 amide bonds. The van der Waals surface area contributed by atoms with E-state index in [0.29, 0.717) is 5.69 Å². The maximum Gasteiger partial charge on any atom is 0.0951 e. The number of nitrogen functional groups attached to an aromatic ring is 1. The van der Waals surface area contributed by atoms with Crippen molar-refractivity contribution in [2.45, 2.75) is 19.8 Å². The molecular formula is C18H19N3. The molecule has 0 aliphatic heterocycles. The number of nitrogens with zero attached hydrogens (tertiary/aromatic N) is 1. The molecule has 3 N–H and O–H groups in total. The lowest BCUT2D eigenvalue weighted by molar-refractivity contribution is 0.922. The minimum Gasteiger partial charge on any atom is -0.397 e. The Balaban J connectivity index is 1.93. The molecule has 0 bridgehead atoms. The first-order valence-electron chi connectivity index (χ1n) is 7.27.